The lowest BCUT2D eigenvalue weighted by Crippen LogP contribution is -2.59. The number of hydrogen-bond acceptors (Lipinski definition) is 6. The molecule has 0 aliphatic carbocycles. The molecular formula is C35H47N5O4. The normalized spacial score (nSPS) is 24.0. The Morgan fingerprint density at radius 1 is 0.977 bits per heavy atom. The van der Waals surface area contributed by atoms with Crippen molar-refractivity contribution in [2.45, 2.75) is 71.5 Å². The summed E-state index contributed by atoms with van der Waals surface area (Å²) in [6.45, 7) is 11.0. The number of carbonyl (C=O) groups is 3. The van der Waals surface area contributed by atoms with Gasteiger partial charge in [-0.3, -0.25) is 14.4 Å². The number of rotatable bonds is 9. The molecule has 0 saturated carbocycles. The van der Waals surface area contributed by atoms with Crippen LogP contribution in [0.1, 0.15) is 77.1 Å². The second-order valence-corrected chi connectivity index (χ2v) is 14.0. The number of piperidine rings is 1. The highest BCUT2D eigenvalue weighted by molar-refractivity contribution is 5.90. The molecule has 2 aliphatic heterocycles. The van der Waals surface area contributed by atoms with Crippen LogP contribution in [0, 0.1) is 34.0 Å². The topological polar surface area (TPSA) is 138 Å². The van der Waals surface area contributed by atoms with Gasteiger partial charge in [0.15, 0.2) is 0 Å². The molecule has 0 spiro atoms. The molecule has 4 N–H and O–H groups in total. The Bertz CT molecular complexity index is 1300. The van der Waals surface area contributed by atoms with Crippen LogP contribution in [0.4, 0.5) is 0 Å². The lowest BCUT2D eigenvalue weighted by Gasteiger charge is -2.45. The number of nitrogens with zero attached hydrogens (tertiary/aromatic N) is 2. The van der Waals surface area contributed by atoms with Crippen molar-refractivity contribution in [3.63, 3.8) is 0 Å². The molecule has 2 aromatic rings. The summed E-state index contributed by atoms with van der Waals surface area (Å²) < 4.78 is 5.48. The van der Waals surface area contributed by atoms with Crippen LogP contribution in [0.3, 0.4) is 0 Å². The first kappa shape index (κ1) is 33.2. The molecule has 0 aromatic heterocycles. The zero-order valence-corrected chi connectivity index (χ0v) is 26.6. The van der Waals surface area contributed by atoms with Crippen LogP contribution in [-0.2, 0) is 19.1 Å². The summed E-state index contributed by atoms with van der Waals surface area (Å²) in [5, 5.41) is 17.6. The van der Waals surface area contributed by atoms with Crippen molar-refractivity contribution >= 4 is 17.7 Å². The maximum atomic E-state index is 14.6. The maximum absolute atomic E-state index is 14.6. The molecular weight excluding hydrogens is 554 g/mol. The van der Waals surface area contributed by atoms with Crippen molar-refractivity contribution in [1.29, 1.82) is 5.26 Å². The fourth-order valence-corrected chi connectivity index (χ4v) is 6.63. The van der Waals surface area contributed by atoms with Crippen LogP contribution in [0.2, 0.25) is 0 Å². The monoisotopic (exact) mass is 601 g/mol. The molecule has 4 unspecified atom stereocenters. The standard InChI is InChI=1S/C35H47N5O4/c1-33(2,3)29(31(42)40-16-18-44-19-17-40)26(20-34(4,5)32(37)43)30(41)39-35(23-36)21-27(24-12-8-6-9-13-24)38-28(22-35)25-14-10-7-11-15-25/h6-15,26-29,38H,16-22H2,1-5H3,(H2,37,43)(H,39,41). The summed E-state index contributed by atoms with van der Waals surface area (Å²) in [6.07, 6.45) is 0.744. The minimum Gasteiger partial charge on any atom is -0.378 e. The van der Waals surface area contributed by atoms with Crippen molar-refractivity contribution in [2.24, 2.45) is 28.4 Å². The number of ether oxygens (including phenoxy) is 1. The summed E-state index contributed by atoms with van der Waals surface area (Å²) >= 11 is 0. The van der Waals surface area contributed by atoms with Gasteiger partial charge >= 0.3 is 0 Å². The van der Waals surface area contributed by atoms with E-state index < -0.39 is 40.0 Å². The van der Waals surface area contributed by atoms with Crippen molar-refractivity contribution in [3.8, 4) is 6.07 Å². The zero-order valence-electron chi connectivity index (χ0n) is 26.6. The Labute approximate surface area is 261 Å². The Morgan fingerprint density at radius 3 is 1.91 bits per heavy atom. The lowest BCUT2D eigenvalue weighted by atomic mass is 9.66. The van der Waals surface area contributed by atoms with Crippen LogP contribution in [0.15, 0.2) is 60.7 Å². The van der Waals surface area contributed by atoms with E-state index in [4.69, 9.17) is 10.5 Å². The Balaban J connectivity index is 1.74. The molecule has 3 amide bonds. The van der Waals surface area contributed by atoms with Gasteiger partial charge in [0.25, 0.3) is 0 Å². The Kier molecular flexibility index (Phi) is 10.2. The summed E-state index contributed by atoms with van der Waals surface area (Å²) in [7, 11) is 0. The molecule has 236 valence electrons. The van der Waals surface area contributed by atoms with E-state index in [1.165, 1.54) is 0 Å². The van der Waals surface area contributed by atoms with E-state index in [0.29, 0.717) is 39.1 Å². The van der Waals surface area contributed by atoms with E-state index in [0.717, 1.165) is 11.1 Å². The van der Waals surface area contributed by atoms with Gasteiger partial charge in [0.05, 0.1) is 31.1 Å². The number of nitrogens with one attached hydrogen (secondary N) is 2. The van der Waals surface area contributed by atoms with Gasteiger partial charge < -0.3 is 26.0 Å². The first-order valence-corrected chi connectivity index (χ1v) is 15.5. The van der Waals surface area contributed by atoms with Crippen molar-refractivity contribution in [3.05, 3.63) is 71.8 Å². The first-order chi connectivity index (χ1) is 20.8. The van der Waals surface area contributed by atoms with E-state index in [-0.39, 0.29) is 24.4 Å². The minimum atomic E-state index is -1.23. The van der Waals surface area contributed by atoms with Gasteiger partial charge in [-0.05, 0) is 23.0 Å². The SMILES string of the molecule is CC(C)(CC(C(=O)NC1(C#N)CC(c2ccccc2)NC(c2ccccc2)C1)C(C(=O)N1CCOCC1)C(C)(C)C)C(N)=O. The summed E-state index contributed by atoms with van der Waals surface area (Å²) in [4.78, 5) is 43.1. The number of carbonyl (C=O) groups excluding carboxylic acids is 3. The van der Waals surface area contributed by atoms with Gasteiger partial charge in [-0.1, -0.05) is 95.3 Å². The second-order valence-electron chi connectivity index (χ2n) is 14.0. The van der Waals surface area contributed by atoms with Crippen LogP contribution in [0.25, 0.3) is 0 Å². The number of nitriles is 1. The highest BCUT2D eigenvalue weighted by Crippen LogP contribution is 2.43. The van der Waals surface area contributed by atoms with E-state index in [9.17, 15) is 19.6 Å². The molecule has 2 aromatic carbocycles. The molecule has 9 heteroatoms. The molecule has 2 heterocycles. The van der Waals surface area contributed by atoms with Crippen LogP contribution in [-0.4, -0.2) is 54.5 Å². The fourth-order valence-electron chi connectivity index (χ4n) is 6.63. The van der Waals surface area contributed by atoms with Gasteiger partial charge in [0.1, 0.15) is 5.54 Å². The van der Waals surface area contributed by atoms with E-state index in [1.54, 1.807) is 18.7 Å². The predicted octanol–water partition coefficient (Wildman–Crippen LogP) is 4.27. The van der Waals surface area contributed by atoms with Gasteiger partial charge in [-0.2, -0.15) is 5.26 Å². The highest BCUT2D eigenvalue weighted by atomic mass is 16.5. The molecule has 4 atom stereocenters. The predicted molar refractivity (Wildman–Crippen MR) is 169 cm³/mol. The maximum Gasteiger partial charge on any atom is 0.227 e. The number of benzene rings is 2. The number of nitrogens with two attached hydrogens (primary N) is 1. The van der Waals surface area contributed by atoms with E-state index >= 15 is 0 Å². The second kappa shape index (κ2) is 13.5. The molecule has 0 radical (unpaired) electrons. The Morgan fingerprint density at radius 2 is 1.48 bits per heavy atom. The summed E-state index contributed by atoms with van der Waals surface area (Å²) in [5.74, 6) is -2.78. The number of amides is 3. The largest absolute Gasteiger partial charge is 0.378 e. The van der Waals surface area contributed by atoms with Crippen LogP contribution >= 0.6 is 0 Å². The average Bonchev–Trinajstić information content (AvgIpc) is 3.01. The van der Waals surface area contributed by atoms with Crippen molar-refractivity contribution < 1.29 is 19.1 Å². The van der Waals surface area contributed by atoms with Crippen LogP contribution < -0.4 is 16.4 Å². The number of primary amides is 1. The van der Waals surface area contributed by atoms with Gasteiger partial charge in [-0.15, -0.1) is 0 Å². The van der Waals surface area contributed by atoms with Crippen molar-refractivity contribution in [1.82, 2.24) is 15.5 Å². The fraction of sp³-hybridized carbons (Fsp3) is 0.543. The third-order valence-corrected chi connectivity index (χ3v) is 9.15. The minimum absolute atomic E-state index is 0.0656. The molecule has 0 bridgehead atoms. The first-order valence-electron chi connectivity index (χ1n) is 15.5. The van der Waals surface area contributed by atoms with E-state index in [1.807, 2.05) is 81.4 Å². The number of hydrogen-bond donors (Lipinski definition) is 3. The van der Waals surface area contributed by atoms with Gasteiger partial charge in [0.2, 0.25) is 17.7 Å². The molecule has 2 aliphatic rings. The average molecular weight is 602 g/mol. The Hall–Kier alpha value is -3.74. The highest BCUT2D eigenvalue weighted by Gasteiger charge is 2.50. The third kappa shape index (κ3) is 7.66. The zero-order chi connectivity index (χ0) is 32.1. The molecule has 4 rings (SSSR count). The molecule has 2 saturated heterocycles. The van der Waals surface area contributed by atoms with E-state index in [2.05, 4.69) is 16.7 Å². The smallest absolute Gasteiger partial charge is 0.227 e. The molecule has 44 heavy (non-hydrogen) atoms. The van der Waals surface area contributed by atoms with Gasteiger partial charge in [-0.25, -0.2) is 0 Å². The summed E-state index contributed by atoms with van der Waals surface area (Å²) in [6, 6.07) is 21.9. The molecule has 2 fully saturated rings. The van der Waals surface area contributed by atoms with Crippen molar-refractivity contribution in [2.75, 3.05) is 26.3 Å². The third-order valence-electron chi connectivity index (χ3n) is 9.15. The number of morpholine rings is 1. The lowest BCUT2D eigenvalue weighted by molar-refractivity contribution is -0.152. The quantitative estimate of drug-likeness (QED) is 0.393. The summed E-state index contributed by atoms with van der Waals surface area (Å²) in [5.41, 5.74) is 4.91. The molecule has 9 nitrogen and oxygen atoms in total. The van der Waals surface area contributed by atoms with Crippen LogP contribution in [0.5, 0.6) is 0 Å². The van der Waals surface area contributed by atoms with Gasteiger partial charge in [0, 0.05) is 43.4 Å².